The summed E-state index contributed by atoms with van der Waals surface area (Å²) in [6.45, 7) is 5.37. The monoisotopic (exact) mass is 563 g/mol. The number of nitrogens with zero attached hydrogens (tertiary/aromatic N) is 3. The smallest absolute Gasteiger partial charge is 0.415 e. The van der Waals surface area contributed by atoms with E-state index in [4.69, 9.17) is 9.47 Å². The molecule has 3 saturated heterocycles. The van der Waals surface area contributed by atoms with Gasteiger partial charge in [-0.15, -0.1) is 0 Å². The molecule has 4 aliphatic rings. The zero-order valence-electron chi connectivity index (χ0n) is 24.1. The maximum absolute atomic E-state index is 13.4. The Morgan fingerprint density at radius 1 is 0.902 bits per heavy atom. The Kier molecular flexibility index (Phi) is 8.20. The highest BCUT2D eigenvalue weighted by Gasteiger charge is 2.46. The number of likely N-dealkylation sites (tertiary alicyclic amines) is 1. The maximum Gasteiger partial charge on any atom is 0.415 e. The molecule has 4 aliphatic heterocycles. The van der Waals surface area contributed by atoms with Crippen LogP contribution in [-0.4, -0.2) is 71.3 Å². The van der Waals surface area contributed by atoms with E-state index in [1.54, 1.807) is 0 Å². The Morgan fingerprint density at radius 2 is 1.61 bits per heavy atom. The SMILES string of the molecule is CCOC(=O)N1C2CCCCC1CC(N1CCC3(CC1)CN(C(=O)Oc1ccc(F)cc1)Cc1ccccc13)CC2. The molecule has 0 N–H and O–H groups in total. The predicted molar refractivity (Wildman–Crippen MR) is 154 cm³/mol. The Balaban J connectivity index is 1.16. The molecule has 0 aliphatic carbocycles. The van der Waals surface area contributed by atoms with Gasteiger partial charge in [0.25, 0.3) is 0 Å². The molecular formula is C33H42FN3O4. The van der Waals surface area contributed by atoms with Crippen LogP contribution in [0, 0.1) is 5.82 Å². The minimum absolute atomic E-state index is 0.123. The van der Waals surface area contributed by atoms with Gasteiger partial charge in [-0.25, -0.2) is 14.0 Å². The predicted octanol–water partition coefficient (Wildman–Crippen LogP) is 6.50. The van der Waals surface area contributed by atoms with Crippen molar-refractivity contribution in [2.45, 2.75) is 94.8 Å². The molecule has 6 rings (SSSR count). The first-order valence-corrected chi connectivity index (χ1v) is 15.5. The lowest BCUT2D eigenvalue weighted by Crippen LogP contribution is -2.55. The van der Waals surface area contributed by atoms with Crippen molar-refractivity contribution in [2.24, 2.45) is 0 Å². The summed E-state index contributed by atoms with van der Waals surface area (Å²) in [5.74, 6) is -0.00550. The summed E-state index contributed by atoms with van der Waals surface area (Å²) >= 11 is 0. The molecule has 2 amide bonds. The van der Waals surface area contributed by atoms with E-state index in [1.165, 1.54) is 48.2 Å². The molecule has 0 saturated carbocycles. The summed E-state index contributed by atoms with van der Waals surface area (Å²) in [4.78, 5) is 32.8. The lowest BCUT2D eigenvalue weighted by molar-refractivity contribution is 0.0563. The highest BCUT2D eigenvalue weighted by atomic mass is 19.1. The van der Waals surface area contributed by atoms with Crippen LogP contribution in [-0.2, 0) is 16.7 Å². The highest BCUT2D eigenvalue weighted by molar-refractivity contribution is 5.71. The van der Waals surface area contributed by atoms with Crippen molar-refractivity contribution >= 4 is 12.2 Å². The van der Waals surface area contributed by atoms with Crippen molar-refractivity contribution in [3.05, 3.63) is 65.5 Å². The molecule has 2 aromatic carbocycles. The van der Waals surface area contributed by atoms with Gasteiger partial charge in [0.05, 0.1) is 6.61 Å². The number of hydrogen-bond donors (Lipinski definition) is 0. The highest BCUT2D eigenvalue weighted by Crippen LogP contribution is 2.43. The van der Waals surface area contributed by atoms with Gasteiger partial charge < -0.3 is 24.2 Å². The van der Waals surface area contributed by atoms with Gasteiger partial charge in [0.15, 0.2) is 0 Å². The second-order valence-electron chi connectivity index (χ2n) is 12.3. The van der Waals surface area contributed by atoms with Crippen LogP contribution in [0.5, 0.6) is 5.75 Å². The molecule has 0 radical (unpaired) electrons. The van der Waals surface area contributed by atoms with Gasteiger partial charge >= 0.3 is 12.2 Å². The van der Waals surface area contributed by atoms with Crippen LogP contribution in [0.25, 0.3) is 0 Å². The molecule has 4 heterocycles. The van der Waals surface area contributed by atoms with Gasteiger partial charge in [-0.1, -0.05) is 37.1 Å². The van der Waals surface area contributed by atoms with Crippen molar-refractivity contribution in [1.29, 1.82) is 0 Å². The average molecular weight is 564 g/mol. The third kappa shape index (κ3) is 5.81. The van der Waals surface area contributed by atoms with Crippen LogP contribution in [0.3, 0.4) is 0 Å². The zero-order chi connectivity index (χ0) is 28.4. The fourth-order valence-electron chi connectivity index (χ4n) is 7.92. The first-order valence-electron chi connectivity index (χ1n) is 15.5. The normalized spacial score (nSPS) is 26.0. The molecular weight excluding hydrogens is 521 g/mol. The second-order valence-corrected chi connectivity index (χ2v) is 12.3. The van der Waals surface area contributed by atoms with Gasteiger partial charge in [0.1, 0.15) is 11.6 Å². The number of ether oxygens (including phenoxy) is 2. The Labute approximate surface area is 242 Å². The van der Waals surface area contributed by atoms with Gasteiger partial charge in [-0.3, -0.25) is 0 Å². The quantitative estimate of drug-likeness (QED) is 0.427. The van der Waals surface area contributed by atoms with Crippen LogP contribution >= 0.6 is 0 Å². The molecule has 3 fully saturated rings. The molecule has 41 heavy (non-hydrogen) atoms. The Hall–Kier alpha value is -3.13. The Morgan fingerprint density at radius 3 is 2.37 bits per heavy atom. The summed E-state index contributed by atoms with van der Waals surface area (Å²) in [6, 6.07) is 15.1. The third-order valence-electron chi connectivity index (χ3n) is 9.96. The van der Waals surface area contributed by atoms with Crippen molar-refractivity contribution in [3.63, 3.8) is 0 Å². The van der Waals surface area contributed by atoms with Crippen LogP contribution in [0.15, 0.2) is 48.5 Å². The van der Waals surface area contributed by atoms with E-state index < -0.39 is 0 Å². The number of carbonyl (C=O) groups excluding carboxylic acids is 2. The van der Waals surface area contributed by atoms with Gasteiger partial charge in [-0.05, 0) is 100 Å². The standard InChI is InChI=1S/C33H42FN3O4/c1-2-40-32(39)37-26-8-4-5-9-28(37)21-27(14-13-26)35-19-17-33(18-20-35)23-36(22-24-7-3-6-10-30(24)33)31(38)41-29-15-11-25(34)12-16-29/h3,6-7,10-12,15-16,26-28H,2,4-5,8-9,13-14,17-23H2,1H3. The Bertz CT molecular complexity index is 1230. The number of halogens is 1. The zero-order valence-corrected chi connectivity index (χ0v) is 24.1. The first kappa shape index (κ1) is 28.0. The van der Waals surface area contributed by atoms with Crippen LogP contribution < -0.4 is 4.74 Å². The largest absolute Gasteiger partial charge is 0.450 e. The van der Waals surface area contributed by atoms with E-state index in [9.17, 15) is 14.0 Å². The lowest BCUT2D eigenvalue weighted by atomic mass is 9.68. The molecule has 7 nitrogen and oxygen atoms in total. The minimum atomic E-state index is -0.390. The summed E-state index contributed by atoms with van der Waals surface area (Å²) in [5, 5.41) is 0. The van der Waals surface area contributed by atoms with E-state index in [0.29, 0.717) is 31.5 Å². The van der Waals surface area contributed by atoms with Crippen molar-refractivity contribution in [2.75, 3.05) is 26.2 Å². The third-order valence-corrected chi connectivity index (χ3v) is 9.96. The number of hydrogen-bond acceptors (Lipinski definition) is 5. The summed E-state index contributed by atoms with van der Waals surface area (Å²) in [5.41, 5.74) is 2.41. The average Bonchev–Trinajstić information content (AvgIpc) is 3.30. The van der Waals surface area contributed by atoms with E-state index in [2.05, 4.69) is 28.0 Å². The fourth-order valence-corrected chi connectivity index (χ4v) is 7.92. The number of fused-ring (bicyclic) bond motifs is 4. The molecule has 2 aromatic rings. The molecule has 8 heteroatoms. The number of piperidine rings is 1. The molecule has 3 atom stereocenters. The van der Waals surface area contributed by atoms with Crippen LogP contribution in [0.4, 0.5) is 14.0 Å². The molecule has 0 aromatic heterocycles. The first-order chi connectivity index (χ1) is 20.0. The number of carbonyl (C=O) groups is 2. The van der Waals surface area contributed by atoms with E-state index in [0.717, 1.165) is 58.0 Å². The van der Waals surface area contributed by atoms with E-state index >= 15 is 0 Å². The summed E-state index contributed by atoms with van der Waals surface area (Å²) in [7, 11) is 0. The van der Waals surface area contributed by atoms with E-state index in [-0.39, 0.29) is 35.5 Å². The van der Waals surface area contributed by atoms with Gasteiger partial charge in [0, 0.05) is 36.6 Å². The van der Waals surface area contributed by atoms with Crippen LogP contribution in [0.1, 0.15) is 75.8 Å². The fraction of sp³-hybridized carbons (Fsp3) is 0.576. The molecule has 220 valence electrons. The molecule has 3 unspecified atom stereocenters. The maximum atomic E-state index is 13.4. The van der Waals surface area contributed by atoms with Gasteiger partial charge in [0.2, 0.25) is 0 Å². The lowest BCUT2D eigenvalue weighted by Gasteiger charge is -2.49. The van der Waals surface area contributed by atoms with Gasteiger partial charge in [-0.2, -0.15) is 0 Å². The topological polar surface area (TPSA) is 62.3 Å². The number of amides is 2. The minimum Gasteiger partial charge on any atom is -0.450 e. The number of rotatable bonds is 3. The summed E-state index contributed by atoms with van der Waals surface area (Å²) < 4.78 is 24.5. The van der Waals surface area contributed by atoms with Crippen molar-refractivity contribution in [3.8, 4) is 5.75 Å². The number of benzene rings is 2. The molecule has 1 spiro atoms. The second kappa shape index (κ2) is 12.0. The van der Waals surface area contributed by atoms with Crippen molar-refractivity contribution in [1.82, 2.24) is 14.7 Å². The van der Waals surface area contributed by atoms with E-state index in [1.807, 2.05) is 17.9 Å². The van der Waals surface area contributed by atoms with Crippen molar-refractivity contribution < 1.29 is 23.5 Å². The van der Waals surface area contributed by atoms with Crippen LogP contribution in [0.2, 0.25) is 0 Å². The summed E-state index contributed by atoms with van der Waals surface area (Å²) in [6.07, 6.45) is 9.06. The molecule has 2 bridgehead atoms.